The summed E-state index contributed by atoms with van der Waals surface area (Å²) in [6.07, 6.45) is 1.54. The average Bonchev–Trinajstić information content (AvgIpc) is 2.38. The van der Waals surface area contributed by atoms with E-state index in [1.54, 1.807) is 0 Å². The lowest BCUT2D eigenvalue weighted by atomic mass is 9.99. The lowest BCUT2D eigenvalue weighted by Gasteiger charge is -2.30. The van der Waals surface area contributed by atoms with Gasteiger partial charge in [0.05, 0.1) is 4.90 Å². The monoisotopic (exact) mass is 386 g/mol. The second kappa shape index (κ2) is 7.17. The highest BCUT2D eigenvalue weighted by Gasteiger charge is 2.30. The van der Waals surface area contributed by atoms with E-state index in [4.69, 9.17) is 5.73 Å². The summed E-state index contributed by atoms with van der Waals surface area (Å²) in [5.41, 5.74) is 5.59. The van der Waals surface area contributed by atoms with E-state index in [0.717, 1.165) is 18.9 Å². The van der Waals surface area contributed by atoms with Crippen molar-refractivity contribution in [2.75, 3.05) is 19.6 Å². The van der Waals surface area contributed by atoms with Crippen molar-refractivity contribution in [2.24, 2.45) is 11.7 Å². The first-order valence-corrected chi connectivity index (χ1v) is 8.33. The smallest absolute Gasteiger partial charge is 0.244 e. The molecule has 0 saturated carbocycles. The summed E-state index contributed by atoms with van der Waals surface area (Å²) in [6.45, 7) is 1.52. The van der Waals surface area contributed by atoms with Gasteiger partial charge in [0.2, 0.25) is 10.0 Å². The zero-order valence-electron chi connectivity index (χ0n) is 10.8. The van der Waals surface area contributed by atoms with Crippen LogP contribution >= 0.6 is 28.3 Å². The zero-order chi connectivity index (χ0) is 14.0. The number of sulfonamides is 1. The minimum Gasteiger partial charge on any atom is -0.330 e. The van der Waals surface area contributed by atoms with Crippen LogP contribution < -0.4 is 5.73 Å². The van der Waals surface area contributed by atoms with E-state index < -0.39 is 15.8 Å². The molecule has 0 spiro atoms. The fourth-order valence-corrected chi connectivity index (χ4v) is 4.69. The SMILES string of the molecule is Cl.NCC1CCN(S(=O)(=O)c2ccc(F)cc2Br)CC1. The summed E-state index contributed by atoms with van der Waals surface area (Å²) in [7, 11) is -3.56. The maximum Gasteiger partial charge on any atom is 0.244 e. The maximum absolute atomic E-state index is 13.0. The molecule has 1 heterocycles. The minimum absolute atomic E-state index is 0. The second-order valence-electron chi connectivity index (χ2n) is 4.66. The molecule has 0 radical (unpaired) electrons. The summed E-state index contributed by atoms with van der Waals surface area (Å²) in [5.74, 6) is -0.0734. The molecule has 0 unspecified atom stereocenters. The Labute approximate surface area is 133 Å². The van der Waals surface area contributed by atoms with Gasteiger partial charge in [-0.3, -0.25) is 0 Å². The van der Waals surface area contributed by atoms with Crippen molar-refractivity contribution in [3.05, 3.63) is 28.5 Å². The Kier molecular flexibility index (Phi) is 6.40. The molecule has 1 aromatic rings. The predicted molar refractivity (Wildman–Crippen MR) is 81.9 cm³/mol. The molecule has 2 rings (SSSR count). The lowest BCUT2D eigenvalue weighted by molar-refractivity contribution is 0.278. The summed E-state index contributed by atoms with van der Waals surface area (Å²) >= 11 is 3.11. The van der Waals surface area contributed by atoms with Gasteiger partial charge in [-0.05, 0) is 59.4 Å². The van der Waals surface area contributed by atoms with Gasteiger partial charge in [0.1, 0.15) is 5.82 Å². The van der Waals surface area contributed by atoms with Crippen molar-refractivity contribution in [1.82, 2.24) is 4.31 Å². The molecule has 0 aromatic heterocycles. The van der Waals surface area contributed by atoms with Gasteiger partial charge >= 0.3 is 0 Å². The van der Waals surface area contributed by atoms with Crippen LogP contribution in [0.5, 0.6) is 0 Å². The molecular formula is C12H17BrClFN2O2S. The quantitative estimate of drug-likeness (QED) is 0.866. The van der Waals surface area contributed by atoms with Crippen LogP contribution in [0.3, 0.4) is 0 Å². The van der Waals surface area contributed by atoms with E-state index in [9.17, 15) is 12.8 Å². The standard InChI is InChI=1S/C12H16BrFN2O2S.ClH/c13-11-7-10(14)1-2-12(11)19(17,18)16-5-3-9(8-15)4-6-16;/h1-2,7,9H,3-6,8,15H2;1H. The minimum atomic E-state index is -3.56. The Bertz CT molecular complexity index is 563. The molecule has 1 aromatic carbocycles. The molecule has 1 aliphatic heterocycles. The predicted octanol–water partition coefficient (Wildman–Crippen LogP) is 2.37. The third kappa shape index (κ3) is 3.71. The summed E-state index contributed by atoms with van der Waals surface area (Å²) in [5, 5.41) is 0. The number of benzene rings is 1. The van der Waals surface area contributed by atoms with Crippen molar-refractivity contribution in [3.63, 3.8) is 0 Å². The lowest BCUT2D eigenvalue weighted by Crippen LogP contribution is -2.40. The topological polar surface area (TPSA) is 63.4 Å². The van der Waals surface area contributed by atoms with E-state index in [1.807, 2.05) is 0 Å². The van der Waals surface area contributed by atoms with Gasteiger partial charge in [-0.25, -0.2) is 12.8 Å². The first-order chi connectivity index (χ1) is 8.95. The van der Waals surface area contributed by atoms with Crippen LogP contribution in [0.2, 0.25) is 0 Å². The fourth-order valence-electron chi connectivity index (χ4n) is 2.21. The Balaban J connectivity index is 0.00000200. The van der Waals surface area contributed by atoms with Gasteiger partial charge in [-0.1, -0.05) is 0 Å². The van der Waals surface area contributed by atoms with Gasteiger partial charge in [0, 0.05) is 17.6 Å². The number of hydrogen-bond acceptors (Lipinski definition) is 3. The van der Waals surface area contributed by atoms with E-state index in [-0.39, 0.29) is 21.8 Å². The van der Waals surface area contributed by atoms with Crippen LogP contribution in [-0.2, 0) is 10.0 Å². The largest absolute Gasteiger partial charge is 0.330 e. The van der Waals surface area contributed by atoms with Gasteiger partial charge in [0.25, 0.3) is 0 Å². The van der Waals surface area contributed by atoms with Gasteiger partial charge in [-0.15, -0.1) is 12.4 Å². The molecule has 1 aliphatic rings. The van der Waals surface area contributed by atoms with Crippen molar-refractivity contribution < 1.29 is 12.8 Å². The Hall–Kier alpha value is -0.210. The number of rotatable bonds is 3. The van der Waals surface area contributed by atoms with Crippen LogP contribution in [0.15, 0.2) is 27.6 Å². The molecule has 0 atom stereocenters. The van der Waals surface area contributed by atoms with Crippen LogP contribution in [0.1, 0.15) is 12.8 Å². The Morgan fingerprint density at radius 3 is 2.45 bits per heavy atom. The highest BCUT2D eigenvalue weighted by Crippen LogP contribution is 2.28. The normalized spacial score (nSPS) is 17.8. The molecule has 114 valence electrons. The number of halogens is 3. The third-order valence-corrected chi connectivity index (χ3v) is 6.29. The molecule has 4 nitrogen and oxygen atoms in total. The van der Waals surface area contributed by atoms with Gasteiger partial charge < -0.3 is 5.73 Å². The average molecular weight is 388 g/mol. The van der Waals surface area contributed by atoms with Gasteiger partial charge in [-0.2, -0.15) is 4.31 Å². The number of piperidine rings is 1. The summed E-state index contributed by atoms with van der Waals surface area (Å²) in [6, 6.07) is 3.62. The Morgan fingerprint density at radius 2 is 1.95 bits per heavy atom. The van der Waals surface area contributed by atoms with E-state index in [1.165, 1.54) is 16.4 Å². The fraction of sp³-hybridized carbons (Fsp3) is 0.500. The highest BCUT2D eigenvalue weighted by molar-refractivity contribution is 9.10. The van der Waals surface area contributed by atoms with Crippen LogP contribution in [0.4, 0.5) is 4.39 Å². The molecule has 0 aliphatic carbocycles. The molecule has 1 fully saturated rings. The van der Waals surface area contributed by atoms with Crippen molar-refractivity contribution in [3.8, 4) is 0 Å². The molecule has 20 heavy (non-hydrogen) atoms. The van der Waals surface area contributed by atoms with E-state index in [2.05, 4.69) is 15.9 Å². The molecular weight excluding hydrogens is 371 g/mol. The molecule has 0 amide bonds. The number of hydrogen-bond donors (Lipinski definition) is 1. The van der Waals surface area contributed by atoms with Crippen LogP contribution in [-0.4, -0.2) is 32.4 Å². The van der Waals surface area contributed by atoms with Crippen molar-refractivity contribution in [2.45, 2.75) is 17.7 Å². The van der Waals surface area contributed by atoms with Gasteiger partial charge in [0.15, 0.2) is 0 Å². The van der Waals surface area contributed by atoms with Crippen molar-refractivity contribution in [1.29, 1.82) is 0 Å². The first-order valence-electron chi connectivity index (χ1n) is 6.10. The number of nitrogens with two attached hydrogens (primary N) is 1. The molecule has 1 saturated heterocycles. The zero-order valence-corrected chi connectivity index (χ0v) is 14.0. The van der Waals surface area contributed by atoms with Crippen molar-refractivity contribution >= 4 is 38.4 Å². The van der Waals surface area contributed by atoms with Crippen LogP contribution in [0.25, 0.3) is 0 Å². The Morgan fingerprint density at radius 1 is 1.35 bits per heavy atom. The molecule has 2 N–H and O–H groups in total. The second-order valence-corrected chi connectivity index (χ2v) is 7.42. The summed E-state index contributed by atoms with van der Waals surface area (Å²) in [4.78, 5) is 0.111. The highest BCUT2D eigenvalue weighted by atomic mass is 79.9. The third-order valence-electron chi connectivity index (χ3n) is 3.42. The molecule has 0 bridgehead atoms. The van der Waals surface area contributed by atoms with E-state index in [0.29, 0.717) is 25.6 Å². The summed E-state index contributed by atoms with van der Waals surface area (Å²) < 4.78 is 39.6. The number of nitrogens with zero attached hydrogens (tertiary/aromatic N) is 1. The maximum atomic E-state index is 13.0. The van der Waals surface area contributed by atoms with E-state index >= 15 is 0 Å². The molecule has 8 heteroatoms. The van der Waals surface area contributed by atoms with Crippen LogP contribution in [0, 0.1) is 11.7 Å². The first kappa shape index (κ1) is 17.8.